The first-order valence-electron chi connectivity index (χ1n) is 8.70. The molecule has 27 heavy (non-hydrogen) atoms. The molecule has 0 saturated heterocycles. The second kappa shape index (κ2) is 7.33. The number of nitrogens with one attached hydrogen (secondary N) is 1. The minimum absolute atomic E-state index is 0.137. The maximum atomic E-state index is 13.0. The van der Waals surface area contributed by atoms with Crippen molar-refractivity contribution in [3.8, 4) is 11.3 Å². The first kappa shape index (κ1) is 16.8. The Balaban J connectivity index is 1.76. The molecular formula is C22H18N4O. The number of nitrogens with zero attached hydrogens (tertiary/aromatic N) is 3. The third-order valence-corrected chi connectivity index (χ3v) is 4.42. The molecule has 132 valence electrons. The van der Waals surface area contributed by atoms with Gasteiger partial charge >= 0.3 is 0 Å². The molecule has 1 amide bonds. The second-order valence-corrected chi connectivity index (χ2v) is 6.31. The van der Waals surface area contributed by atoms with Crippen molar-refractivity contribution in [1.82, 2.24) is 20.3 Å². The van der Waals surface area contributed by atoms with Gasteiger partial charge in [-0.2, -0.15) is 0 Å². The molecule has 0 aliphatic heterocycles. The molecule has 4 aromatic rings. The zero-order valence-corrected chi connectivity index (χ0v) is 14.9. The van der Waals surface area contributed by atoms with Crippen LogP contribution in [0.1, 0.15) is 21.5 Å². The van der Waals surface area contributed by atoms with Crippen molar-refractivity contribution in [3.05, 3.63) is 90.0 Å². The normalized spacial score (nSPS) is 10.7. The molecular weight excluding hydrogens is 336 g/mol. The summed E-state index contributed by atoms with van der Waals surface area (Å²) in [7, 11) is 0. The second-order valence-electron chi connectivity index (χ2n) is 6.31. The molecule has 0 radical (unpaired) electrons. The van der Waals surface area contributed by atoms with Gasteiger partial charge in [-0.25, -0.2) is 4.98 Å². The first-order chi connectivity index (χ1) is 13.2. The predicted molar refractivity (Wildman–Crippen MR) is 105 cm³/mol. The highest BCUT2D eigenvalue weighted by Gasteiger charge is 2.15. The van der Waals surface area contributed by atoms with E-state index < -0.39 is 0 Å². The molecule has 0 atom stereocenters. The van der Waals surface area contributed by atoms with Crippen molar-refractivity contribution in [2.75, 3.05) is 0 Å². The summed E-state index contributed by atoms with van der Waals surface area (Å²) in [4.78, 5) is 26.0. The fourth-order valence-corrected chi connectivity index (χ4v) is 3.02. The molecule has 5 heteroatoms. The number of hydrogen-bond donors (Lipinski definition) is 1. The van der Waals surface area contributed by atoms with Crippen LogP contribution in [0, 0.1) is 6.92 Å². The van der Waals surface area contributed by atoms with Crippen LogP contribution in [0.5, 0.6) is 0 Å². The molecule has 0 aliphatic rings. The van der Waals surface area contributed by atoms with Gasteiger partial charge in [0.05, 0.1) is 16.8 Å². The Morgan fingerprint density at radius 2 is 1.81 bits per heavy atom. The standard InChI is InChI=1S/C22H18N4O/c1-15-5-2-8-18-19(22(27)25-13-16-6-3-9-23-12-16)11-20(26-21(15)18)17-7-4-10-24-14-17/h2-12,14H,13H2,1H3,(H,25,27). The number of rotatable bonds is 4. The van der Waals surface area contributed by atoms with E-state index in [1.807, 2.05) is 55.5 Å². The Morgan fingerprint density at radius 3 is 2.56 bits per heavy atom. The predicted octanol–water partition coefficient (Wildman–Crippen LogP) is 3.93. The smallest absolute Gasteiger partial charge is 0.252 e. The van der Waals surface area contributed by atoms with Crippen molar-refractivity contribution in [3.63, 3.8) is 0 Å². The summed E-state index contributed by atoms with van der Waals surface area (Å²) in [6.45, 7) is 2.42. The van der Waals surface area contributed by atoms with Gasteiger partial charge in [0.25, 0.3) is 5.91 Å². The third kappa shape index (κ3) is 3.53. The van der Waals surface area contributed by atoms with E-state index in [2.05, 4.69) is 15.3 Å². The molecule has 0 fully saturated rings. The Labute approximate surface area is 157 Å². The summed E-state index contributed by atoms with van der Waals surface area (Å²) in [5.41, 5.74) is 5.02. The lowest BCUT2D eigenvalue weighted by Crippen LogP contribution is -2.23. The van der Waals surface area contributed by atoms with Crippen LogP contribution in [0.15, 0.2) is 73.3 Å². The monoisotopic (exact) mass is 354 g/mol. The number of aryl methyl sites for hydroxylation is 1. The summed E-state index contributed by atoms with van der Waals surface area (Å²) in [6.07, 6.45) is 6.93. The number of fused-ring (bicyclic) bond motifs is 1. The van der Waals surface area contributed by atoms with Crippen LogP contribution in [0.3, 0.4) is 0 Å². The third-order valence-electron chi connectivity index (χ3n) is 4.42. The molecule has 0 spiro atoms. The highest BCUT2D eigenvalue weighted by molar-refractivity contribution is 6.07. The number of carbonyl (C=O) groups excluding carboxylic acids is 1. The summed E-state index contributed by atoms with van der Waals surface area (Å²) >= 11 is 0. The van der Waals surface area contributed by atoms with E-state index in [1.165, 1.54) is 0 Å². The maximum absolute atomic E-state index is 13.0. The van der Waals surface area contributed by atoms with E-state index >= 15 is 0 Å². The molecule has 0 unspecified atom stereocenters. The van der Waals surface area contributed by atoms with Crippen LogP contribution >= 0.6 is 0 Å². The largest absolute Gasteiger partial charge is 0.348 e. The molecule has 4 rings (SSSR count). The fraction of sp³-hybridized carbons (Fsp3) is 0.0909. The van der Waals surface area contributed by atoms with E-state index in [9.17, 15) is 4.79 Å². The topological polar surface area (TPSA) is 67.8 Å². The zero-order chi connectivity index (χ0) is 18.6. The van der Waals surface area contributed by atoms with Gasteiger partial charge in [0, 0.05) is 42.3 Å². The van der Waals surface area contributed by atoms with Gasteiger partial charge in [0.1, 0.15) is 0 Å². The number of benzene rings is 1. The van der Waals surface area contributed by atoms with Crippen molar-refractivity contribution in [2.24, 2.45) is 0 Å². The van der Waals surface area contributed by atoms with Gasteiger partial charge in [-0.05, 0) is 42.3 Å². The zero-order valence-electron chi connectivity index (χ0n) is 14.9. The highest BCUT2D eigenvalue weighted by atomic mass is 16.1. The van der Waals surface area contributed by atoms with Crippen molar-refractivity contribution < 1.29 is 4.79 Å². The summed E-state index contributed by atoms with van der Waals surface area (Å²) in [5, 5.41) is 3.82. The lowest BCUT2D eigenvalue weighted by Gasteiger charge is -2.12. The van der Waals surface area contributed by atoms with E-state index in [0.29, 0.717) is 12.1 Å². The van der Waals surface area contributed by atoms with Gasteiger partial charge < -0.3 is 5.32 Å². The number of para-hydroxylation sites is 1. The Morgan fingerprint density at radius 1 is 1.00 bits per heavy atom. The van der Waals surface area contributed by atoms with Crippen LogP contribution in [-0.4, -0.2) is 20.9 Å². The van der Waals surface area contributed by atoms with E-state index in [-0.39, 0.29) is 5.91 Å². The van der Waals surface area contributed by atoms with Crippen LogP contribution < -0.4 is 5.32 Å². The van der Waals surface area contributed by atoms with E-state index in [1.54, 1.807) is 24.8 Å². The quantitative estimate of drug-likeness (QED) is 0.603. The number of pyridine rings is 3. The number of hydrogen-bond acceptors (Lipinski definition) is 4. The lowest BCUT2D eigenvalue weighted by molar-refractivity contribution is 0.0952. The Bertz CT molecular complexity index is 1100. The molecule has 1 aromatic carbocycles. The van der Waals surface area contributed by atoms with Gasteiger partial charge in [0.2, 0.25) is 0 Å². The highest BCUT2D eigenvalue weighted by Crippen LogP contribution is 2.26. The SMILES string of the molecule is Cc1cccc2c(C(=O)NCc3cccnc3)cc(-c3cccnc3)nc12. The summed E-state index contributed by atoms with van der Waals surface area (Å²) < 4.78 is 0. The molecule has 3 heterocycles. The van der Waals surface area contributed by atoms with Crippen LogP contribution in [0.4, 0.5) is 0 Å². The molecule has 0 aliphatic carbocycles. The molecule has 0 bridgehead atoms. The fourth-order valence-electron chi connectivity index (χ4n) is 3.02. The number of carbonyl (C=O) groups is 1. The van der Waals surface area contributed by atoms with E-state index in [0.717, 1.165) is 33.3 Å². The molecule has 1 N–H and O–H groups in total. The summed E-state index contributed by atoms with van der Waals surface area (Å²) in [5.74, 6) is -0.137. The van der Waals surface area contributed by atoms with Gasteiger partial charge in [-0.1, -0.05) is 24.3 Å². The average molecular weight is 354 g/mol. The molecule has 3 aromatic heterocycles. The lowest BCUT2D eigenvalue weighted by atomic mass is 10.0. The minimum Gasteiger partial charge on any atom is -0.348 e. The molecule has 5 nitrogen and oxygen atoms in total. The minimum atomic E-state index is -0.137. The van der Waals surface area contributed by atoms with E-state index in [4.69, 9.17) is 4.98 Å². The van der Waals surface area contributed by atoms with Crippen molar-refractivity contribution in [1.29, 1.82) is 0 Å². The molecule has 0 saturated carbocycles. The van der Waals surface area contributed by atoms with Crippen molar-refractivity contribution >= 4 is 16.8 Å². The van der Waals surface area contributed by atoms with Crippen LogP contribution in [-0.2, 0) is 6.54 Å². The Kier molecular flexibility index (Phi) is 4.58. The average Bonchev–Trinajstić information content (AvgIpc) is 2.73. The Hall–Kier alpha value is -3.60. The number of aromatic nitrogens is 3. The van der Waals surface area contributed by atoms with Gasteiger partial charge in [0.15, 0.2) is 0 Å². The summed E-state index contributed by atoms with van der Waals surface area (Å²) in [6, 6.07) is 15.3. The van der Waals surface area contributed by atoms with Gasteiger partial charge in [-0.15, -0.1) is 0 Å². The first-order valence-corrected chi connectivity index (χ1v) is 8.70. The van der Waals surface area contributed by atoms with Crippen molar-refractivity contribution in [2.45, 2.75) is 13.5 Å². The van der Waals surface area contributed by atoms with Gasteiger partial charge in [-0.3, -0.25) is 14.8 Å². The number of amides is 1. The van der Waals surface area contributed by atoms with Crippen LogP contribution in [0.25, 0.3) is 22.2 Å². The van der Waals surface area contributed by atoms with Crippen LogP contribution in [0.2, 0.25) is 0 Å². The maximum Gasteiger partial charge on any atom is 0.252 e.